The van der Waals surface area contributed by atoms with Crippen molar-refractivity contribution in [1.29, 1.82) is 0 Å². The number of hydrogen-bond donors (Lipinski definition) is 4. The zero-order valence-corrected chi connectivity index (χ0v) is 10.6. The van der Waals surface area contributed by atoms with Crippen molar-refractivity contribution in [2.45, 2.75) is 12.5 Å². The number of aliphatic hydroxyl groups is 1. The molecule has 0 heterocycles. The van der Waals surface area contributed by atoms with Gasteiger partial charge in [-0.15, -0.1) is 0 Å². The SMILES string of the molecule is NCC(=O)NCC(=O)NC(CO)Cc1ccccc1. The molecule has 1 aromatic rings. The Balaban J connectivity index is 2.39. The molecule has 0 radical (unpaired) electrons. The molecule has 1 atom stereocenters. The van der Waals surface area contributed by atoms with E-state index in [0.29, 0.717) is 6.42 Å². The molecule has 5 N–H and O–H groups in total. The molecule has 19 heavy (non-hydrogen) atoms. The van der Waals surface area contributed by atoms with Crippen LogP contribution in [0.2, 0.25) is 0 Å². The van der Waals surface area contributed by atoms with E-state index in [4.69, 9.17) is 5.73 Å². The number of hydrogen-bond acceptors (Lipinski definition) is 4. The van der Waals surface area contributed by atoms with Crippen molar-refractivity contribution in [3.8, 4) is 0 Å². The molecule has 0 bridgehead atoms. The summed E-state index contributed by atoms with van der Waals surface area (Å²) in [7, 11) is 0. The number of carbonyl (C=O) groups excluding carboxylic acids is 2. The van der Waals surface area contributed by atoms with Crippen LogP contribution in [0.1, 0.15) is 5.56 Å². The van der Waals surface area contributed by atoms with Crippen molar-refractivity contribution in [3.05, 3.63) is 35.9 Å². The van der Waals surface area contributed by atoms with Gasteiger partial charge in [0.05, 0.1) is 25.7 Å². The molecule has 1 rings (SSSR count). The highest BCUT2D eigenvalue weighted by Crippen LogP contribution is 2.02. The highest BCUT2D eigenvalue weighted by molar-refractivity contribution is 5.85. The third-order valence-corrected chi connectivity index (χ3v) is 2.54. The fraction of sp³-hybridized carbons (Fsp3) is 0.385. The van der Waals surface area contributed by atoms with Crippen molar-refractivity contribution in [1.82, 2.24) is 10.6 Å². The lowest BCUT2D eigenvalue weighted by Crippen LogP contribution is -2.45. The molecule has 2 amide bonds. The molecule has 0 saturated heterocycles. The molecule has 1 unspecified atom stereocenters. The average molecular weight is 265 g/mol. The number of benzene rings is 1. The second kappa shape index (κ2) is 8.23. The fourth-order valence-corrected chi connectivity index (χ4v) is 1.59. The summed E-state index contributed by atoms with van der Waals surface area (Å²) in [5.74, 6) is -0.740. The Labute approximate surface area is 112 Å². The van der Waals surface area contributed by atoms with Gasteiger partial charge in [-0.1, -0.05) is 30.3 Å². The van der Waals surface area contributed by atoms with E-state index in [-0.39, 0.29) is 31.6 Å². The Kier molecular flexibility index (Phi) is 6.56. The van der Waals surface area contributed by atoms with Gasteiger partial charge in [0.15, 0.2) is 0 Å². The summed E-state index contributed by atoms with van der Waals surface area (Å²) in [6.07, 6.45) is 0.536. The lowest BCUT2D eigenvalue weighted by atomic mass is 10.1. The van der Waals surface area contributed by atoms with Crippen LogP contribution in [0.5, 0.6) is 0 Å². The van der Waals surface area contributed by atoms with E-state index >= 15 is 0 Å². The molecule has 1 aromatic carbocycles. The molecule has 0 aliphatic carbocycles. The largest absolute Gasteiger partial charge is 0.394 e. The van der Waals surface area contributed by atoms with E-state index in [9.17, 15) is 14.7 Å². The summed E-state index contributed by atoms with van der Waals surface area (Å²) in [5, 5.41) is 14.3. The van der Waals surface area contributed by atoms with Gasteiger partial charge in [0, 0.05) is 0 Å². The minimum atomic E-state index is -0.390. The van der Waals surface area contributed by atoms with Gasteiger partial charge < -0.3 is 21.5 Å². The average Bonchev–Trinajstić information content (AvgIpc) is 2.45. The fourth-order valence-electron chi connectivity index (χ4n) is 1.59. The topological polar surface area (TPSA) is 104 Å². The van der Waals surface area contributed by atoms with E-state index < -0.39 is 5.91 Å². The third kappa shape index (κ3) is 5.98. The minimum absolute atomic E-state index is 0.138. The summed E-state index contributed by atoms with van der Waals surface area (Å²) in [6.45, 7) is -0.451. The van der Waals surface area contributed by atoms with Gasteiger partial charge in [0.25, 0.3) is 0 Å². The van der Waals surface area contributed by atoms with Crippen LogP contribution < -0.4 is 16.4 Å². The summed E-state index contributed by atoms with van der Waals surface area (Å²) < 4.78 is 0. The van der Waals surface area contributed by atoms with Gasteiger partial charge in [0.2, 0.25) is 11.8 Å². The van der Waals surface area contributed by atoms with Crippen molar-refractivity contribution in [2.75, 3.05) is 19.7 Å². The van der Waals surface area contributed by atoms with E-state index in [1.807, 2.05) is 30.3 Å². The Bertz CT molecular complexity index is 409. The molecule has 0 aliphatic heterocycles. The van der Waals surface area contributed by atoms with Crippen LogP contribution in [0.3, 0.4) is 0 Å². The third-order valence-electron chi connectivity index (χ3n) is 2.54. The van der Waals surface area contributed by atoms with Crippen LogP contribution in [0.4, 0.5) is 0 Å². The lowest BCUT2D eigenvalue weighted by molar-refractivity contribution is -0.125. The first-order chi connectivity index (χ1) is 9.15. The zero-order chi connectivity index (χ0) is 14.1. The molecule has 0 aromatic heterocycles. The molecule has 0 aliphatic rings. The maximum atomic E-state index is 11.5. The summed E-state index contributed by atoms with van der Waals surface area (Å²) in [5.41, 5.74) is 6.13. The summed E-state index contributed by atoms with van der Waals surface area (Å²) in [4.78, 5) is 22.4. The van der Waals surface area contributed by atoms with Crippen LogP contribution >= 0.6 is 0 Å². The Hall–Kier alpha value is -1.92. The van der Waals surface area contributed by atoms with E-state index in [2.05, 4.69) is 10.6 Å². The number of amides is 2. The monoisotopic (exact) mass is 265 g/mol. The lowest BCUT2D eigenvalue weighted by Gasteiger charge is -2.16. The molecule has 0 saturated carbocycles. The first-order valence-corrected chi connectivity index (χ1v) is 6.06. The smallest absolute Gasteiger partial charge is 0.239 e. The van der Waals surface area contributed by atoms with Crippen molar-refractivity contribution in [3.63, 3.8) is 0 Å². The molecular weight excluding hydrogens is 246 g/mol. The summed E-state index contributed by atoms with van der Waals surface area (Å²) >= 11 is 0. The van der Waals surface area contributed by atoms with Gasteiger partial charge in [-0.3, -0.25) is 9.59 Å². The maximum absolute atomic E-state index is 11.5. The Morgan fingerprint density at radius 3 is 2.47 bits per heavy atom. The molecule has 104 valence electrons. The van der Waals surface area contributed by atoms with Gasteiger partial charge >= 0.3 is 0 Å². The number of rotatable bonds is 7. The number of aliphatic hydroxyl groups excluding tert-OH is 1. The van der Waals surface area contributed by atoms with Crippen LogP contribution in [0.15, 0.2) is 30.3 Å². The second-order valence-corrected chi connectivity index (χ2v) is 4.12. The standard InChI is InChI=1S/C13H19N3O3/c14-7-12(18)15-8-13(19)16-11(9-17)6-10-4-2-1-3-5-10/h1-5,11,17H,6-9,14H2,(H,15,18)(H,16,19). The van der Waals surface area contributed by atoms with E-state index in [1.54, 1.807) is 0 Å². The maximum Gasteiger partial charge on any atom is 0.239 e. The first-order valence-electron chi connectivity index (χ1n) is 6.06. The number of nitrogens with one attached hydrogen (secondary N) is 2. The Morgan fingerprint density at radius 2 is 1.89 bits per heavy atom. The Morgan fingerprint density at radius 1 is 1.21 bits per heavy atom. The minimum Gasteiger partial charge on any atom is -0.394 e. The quantitative estimate of drug-likeness (QED) is 0.496. The normalized spacial score (nSPS) is 11.7. The highest BCUT2D eigenvalue weighted by Gasteiger charge is 2.12. The van der Waals surface area contributed by atoms with Gasteiger partial charge in [-0.05, 0) is 12.0 Å². The zero-order valence-electron chi connectivity index (χ0n) is 10.6. The summed E-state index contributed by atoms with van der Waals surface area (Å²) in [6, 6.07) is 9.17. The highest BCUT2D eigenvalue weighted by atomic mass is 16.3. The van der Waals surface area contributed by atoms with Crippen molar-refractivity contribution < 1.29 is 14.7 Å². The molecule has 6 heteroatoms. The van der Waals surface area contributed by atoms with Gasteiger partial charge in [-0.2, -0.15) is 0 Å². The first kappa shape index (κ1) is 15.1. The van der Waals surface area contributed by atoms with Gasteiger partial charge in [-0.25, -0.2) is 0 Å². The van der Waals surface area contributed by atoms with E-state index in [1.165, 1.54) is 0 Å². The predicted molar refractivity (Wildman–Crippen MR) is 71.2 cm³/mol. The molecular formula is C13H19N3O3. The van der Waals surface area contributed by atoms with Gasteiger partial charge in [0.1, 0.15) is 0 Å². The predicted octanol–water partition coefficient (Wildman–Crippen LogP) is -1.22. The number of carbonyl (C=O) groups is 2. The van der Waals surface area contributed by atoms with Crippen LogP contribution in [-0.2, 0) is 16.0 Å². The van der Waals surface area contributed by atoms with E-state index in [0.717, 1.165) is 5.56 Å². The number of nitrogens with two attached hydrogens (primary N) is 1. The van der Waals surface area contributed by atoms with Crippen molar-refractivity contribution >= 4 is 11.8 Å². The van der Waals surface area contributed by atoms with Crippen molar-refractivity contribution in [2.24, 2.45) is 5.73 Å². The van der Waals surface area contributed by atoms with Crippen LogP contribution in [0.25, 0.3) is 0 Å². The van der Waals surface area contributed by atoms with Crippen LogP contribution in [0, 0.1) is 0 Å². The second-order valence-electron chi connectivity index (χ2n) is 4.12. The van der Waals surface area contributed by atoms with Crippen LogP contribution in [-0.4, -0.2) is 42.7 Å². The molecule has 6 nitrogen and oxygen atoms in total. The molecule has 0 spiro atoms. The molecule has 0 fully saturated rings.